The summed E-state index contributed by atoms with van der Waals surface area (Å²) in [6, 6.07) is 0. The molecule has 1 saturated heterocycles. The van der Waals surface area contributed by atoms with Crippen molar-refractivity contribution in [1.29, 1.82) is 0 Å². The van der Waals surface area contributed by atoms with Gasteiger partial charge in [-0.15, -0.1) is 0 Å². The van der Waals surface area contributed by atoms with Crippen molar-refractivity contribution in [3.8, 4) is 0 Å². The molecule has 3 nitrogen and oxygen atoms in total. The lowest BCUT2D eigenvalue weighted by molar-refractivity contribution is -0.000549. The largest absolute Gasteiger partial charge is 0.396 e. The topological polar surface area (TPSA) is 32.7 Å². The maximum Gasteiger partial charge on any atom is 0.0702 e. The molecule has 90 valence electrons. The van der Waals surface area contributed by atoms with E-state index in [-0.39, 0.29) is 0 Å². The smallest absolute Gasteiger partial charge is 0.0702 e. The van der Waals surface area contributed by atoms with E-state index >= 15 is 0 Å². The Kier molecular flexibility index (Phi) is 6.98. The van der Waals surface area contributed by atoms with Gasteiger partial charge in [-0.25, -0.2) is 0 Å². The van der Waals surface area contributed by atoms with Crippen LogP contribution in [-0.4, -0.2) is 49.0 Å². The quantitative estimate of drug-likeness (QED) is 0.655. The van der Waals surface area contributed by atoms with Gasteiger partial charge in [0.2, 0.25) is 0 Å². The summed E-state index contributed by atoms with van der Waals surface area (Å²) in [5.74, 6) is 0. The van der Waals surface area contributed by atoms with Crippen LogP contribution in [0.15, 0.2) is 0 Å². The van der Waals surface area contributed by atoms with Crippen LogP contribution in [0.1, 0.15) is 39.0 Å². The lowest BCUT2D eigenvalue weighted by atomic mass is 10.1. The Morgan fingerprint density at radius 2 is 2.27 bits per heavy atom. The Hall–Kier alpha value is -0.120. The lowest BCUT2D eigenvalue weighted by Crippen LogP contribution is -2.40. The molecule has 0 spiro atoms. The number of hydrogen-bond donors (Lipinski definition) is 1. The second kappa shape index (κ2) is 8.08. The first-order valence-electron chi connectivity index (χ1n) is 6.31. The standard InChI is InChI=1S/C12H25NO2/c1-2-10-15-12-6-5-8-13(11-12)7-3-4-9-14/h12,14H,2-11H2,1H3. The van der Waals surface area contributed by atoms with Gasteiger partial charge in [0.25, 0.3) is 0 Å². The molecule has 0 saturated carbocycles. The van der Waals surface area contributed by atoms with Crippen LogP contribution in [0.25, 0.3) is 0 Å². The first-order valence-corrected chi connectivity index (χ1v) is 6.31. The van der Waals surface area contributed by atoms with E-state index in [0.29, 0.717) is 12.7 Å². The van der Waals surface area contributed by atoms with Crippen LogP contribution in [0.5, 0.6) is 0 Å². The average molecular weight is 215 g/mol. The monoisotopic (exact) mass is 215 g/mol. The third-order valence-electron chi connectivity index (χ3n) is 2.90. The normalized spacial score (nSPS) is 23.2. The molecule has 1 heterocycles. The first-order chi connectivity index (χ1) is 7.36. The number of likely N-dealkylation sites (tertiary alicyclic amines) is 1. The minimum atomic E-state index is 0.323. The van der Waals surface area contributed by atoms with E-state index < -0.39 is 0 Å². The van der Waals surface area contributed by atoms with E-state index in [0.717, 1.165) is 39.0 Å². The van der Waals surface area contributed by atoms with E-state index in [9.17, 15) is 0 Å². The van der Waals surface area contributed by atoms with Crippen LogP contribution >= 0.6 is 0 Å². The van der Waals surface area contributed by atoms with Gasteiger partial charge >= 0.3 is 0 Å². The summed E-state index contributed by atoms with van der Waals surface area (Å²) in [6.07, 6.45) is 6.08. The molecular formula is C12H25NO2. The summed E-state index contributed by atoms with van der Waals surface area (Å²) in [5.41, 5.74) is 0. The Morgan fingerprint density at radius 3 is 3.00 bits per heavy atom. The molecule has 0 amide bonds. The highest BCUT2D eigenvalue weighted by Crippen LogP contribution is 2.13. The van der Waals surface area contributed by atoms with Gasteiger partial charge in [0.1, 0.15) is 0 Å². The third-order valence-corrected chi connectivity index (χ3v) is 2.90. The zero-order valence-corrected chi connectivity index (χ0v) is 9.95. The summed E-state index contributed by atoms with van der Waals surface area (Å²) >= 11 is 0. The van der Waals surface area contributed by atoms with Crippen molar-refractivity contribution in [3.63, 3.8) is 0 Å². The van der Waals surface area contributed by atoms with Crippen molar-refractivity contribution in [2.45, 2.75) is 45.1 Å². The molecule has 1 atom stereocenters. The molecule has 1 N–H and O–H groups in total. The predicted octanol–water partition coefficient (Wildman–Crippen LogP) is 1.65. The Bertz CT molecular complexity index is 153. The SMILES string of the molecule is CCCOC1CCCN(CCCCO)C1. The number of nitrogens with zero attached hydrogens (tertiary/aromatic N) is 1. The molecule has 15 heavy (non-hydrogen) atoms. The van der Waals surface area contributed by atoms with Crippen molar-refractivity contribution in [3.05, 3.63) is 0 Å². The van der Waals surface area contributed by atoms with Crippen LogP contribution < -0.4 is 0 Å². The van der Waals surface area contributed by atoms with Crippen molar-refractivity contribution < 1.29 is 9.84 Å². The van der Waals surface area contributed by atoms with Crippen LogP contribution in [0.3, 0.4) is 0 Å². The van der Waals surface area contributed by atoms with Gasteiger partial charge in [-0.1, -0.05) is 6.92 Å². The molecule has 0 aliphatic carbocycles. The fraction of sp³-hybridized carbons (Fsp3) is 1.00. The van der Waals surface area contributed by atoms with E-state index in [1.54, 1.807) is 0 Å². The van der Waals surface area contributed by atoms with Crippen molar-refractivity contribution in [2.75, 3.05) is 32.8 Å². The Balaban J connectivity index is 2.11. The van der Waals surface area contributed by atoms with Gasteiger partial charge < -0.3 is 14.7 Å². The molecule has 3 heteroatoms. The van der Waals surface area contributed by atoms with Gasteiger partial charge in [-0.2, -0.15) is 0 Å². The van der Waals surface area contributed by atoms with Crippen LogP contribution in [0.2, 0.25) is 0 Å². The fourth-order valence-corrected chi connectivity index (χ4v) is 2.08. The summed E-state index contributed by atoms with van der Waals surface area (Å²) in [4.78, 5) is 2.47. The van der Waals surface area contributed by atoms with Crippen LogP contribution in [-0.2, 0) is 4.74 Å². The molecule has 0 bridgehead atoms. The van der Waals surface area contributed by atoms with Gasteiger partial charge in [0.05, 0.1) is 6.10 Å². The molecular weight excluding hydrogens is 190 g/mol. The molecule has 0 aromatic heterocycles. The lowest BCUT2D eigenvalue weighted by Gasteiger charge is -2.32. The summed E-state index contributed by atoms with van der Waals surface area (Å²) in [7, 11) is 0. The third kappa shape index (κ3) is 5.50. The van der Waals surface area contributed by atoms with E-state index in [1.807, 2.05) is 0 Å². The van der Waals surface area contributed by atoms with Crippen molar-refractivity contribution in [1.82, 2.24) is 4.90 Å². The van der Waals surface area contributed by atoms with Gasteiger partial charge in [-0.05, 0) is 45.2 Å². The zero-order valence-electron chi connectivity index (χ0n) is 9.95. The number of hydrogen-bond acceptors (Lipinski definition) is 3. The summed E-state index contributed by atoms with van der Waals surface area (Å²) < 4.78 is 5.78. The molecule has 1 rings (SSSR count). The maximum atomic E-state index is 8.72. The average Bonchev–Trinajstić information content (AvgIpc) is 2.27. The number of aliphatic hydroxyl groups excluding tert-OH is 1. The summed E-state index contributed by atoms with van der Waals surface area (Å²) in [5, 5.41) is 8.72. The van der Waals surface area contributed by atoms with Crippen LogP contribution in [0.4, 0.5) is 0 Å². The zero-order chi connectivity index (χ0) is 10.9. The first kappa shape index (κ1) is 12.9. The minimum absolute atomic E-state index is 0.323. The van der Waals surface area contributed by atoms with Gasteiger partial charge in [-0.3, -0.25) is 0 Å². The summed E-state index contributed by atoms with van der Waals surface area (Å²) in [6.45, 7) is 6.79. The van der Waals surface area contributed by atoms with Crippen LogP contribution in [0, 0.1) is 0 Å². The van der Waals surface area contributed by atoms with E-state index in [1.165, 1.54) is 19.4 Å². The van der Waals surface area contributed by atoms with Gasteiger partial charge in [0, 0.05) is 19.8 Å². The van der Waals surface area contributed by atoms with Gasteiger partial charge in [0.15, 0.2) is 0 Å². The number of piperidine rings is 1. The second-order valence-corrected chi connectivity index (χ2v) is 4.37. The molecule has 1 fully saturated rings. The highest BCUT2D eigenvalue weighted by molar-refractivity contribution is 4.73. The highest BCUT2D eigenvalue weighted by Gasteiger charge is 2.19. The predicted molar refractivity (Wildman–Crippen MR) is 62.0 cm³/mol. The molecule has 0 radical (unpaired) electrons. The van der Waals surface area contributed by atoms with E-state index in [4.69, 9.17) is 9.84 Å². The Labute approximate surface area is 93.4 Å². The molecule has 1 aliphatic heterocycles. The molecule has 0 aromatic carbocycles. The van der Waals surface area contributed by atoms with E-state index in [2.05, 4.69) is 11.8 Å². The van der Waals surface area contributed by atoms with Crippen molar-refractivity contribution in [2.24, 2.45) is 0 Å². The Morgan fingerprint density at radius 1 is 1.40 bits per heavy atom. The second-order valence-electron chi connectivity index (χ2n) is 4.37. The van der Waals surface area contributed by atoms with Crippen molar-refractivity contribution >= 4 is 0 Å². The number of rotatable bonds is 7. The molecule has 1 aliphatic rings. The number of ether oxygens (including phenoxy) is 1. The number of aliphatic hydroxyl groups is 1. The maximum absolute atomic E-state index is 8.72. The fourth-order valence-electron chi connectivity index (χ4n) is 2.08. The molecule has 0 aromatic rings. The number of unbranched alkanes of at least 4 members (excludes halogenated alkanes) is 1. The minimum Gasteiger partial charge on any atom is -0.396 e. The molecule has 1 unspecified atom stereocenters. The highest BCUT2D eigenvalue weighted by atomic mass is 16.5.